The van der Waals surface area contributed by atoms with E-state index in [2.05, 4.69) is 0 Å². The molecule has 0 atom stereocenters. The van der Waals surface area contributed by atoms with Crippen molar-refractivity contribution in [2.24, 2.45) is 0 Å². The molecule has 1 heterocycles. The predicted octanol–water partition coefficient (Wildman–Crippen LogP) is 0.721. The molecule has 0 aromatic heterocycles. The van der Waals surface area contributed by atoms with E-state index >= 15 is 0 Å². The first-order chi connectivity index (χ1) is 5.34. The fraction of sp³-hybridized carbons (Fsp3) is 0.857. The Hall–Kier alpha value is -0.190. The highest BCUT2D eigenvalue weighted by atomic mass is 32.1. The molecule has 64 valence electrons. The summed E-state index contributed by atoms with van der Waals surface area (Å²) in [7, 11) is 0. The second-order valence-corrected chi connectivity index (χ2v) is 3.30. The van der Waals surface area contributed by atoms with Gasteiger partial charge in [-0.15, -0.1) is 0 Å². The van der Waals surface area contributed by atoms with Gasteiger partial charge in [-0.2, -0.15) is 0 Å². The van der Waals surface area contributed by atoms with Crippen LogP contribution in [0.15, 0.2) is 0 Å². The van der Waals surface area contributed by atoms with Gasteiger partial charge in [-0.3, -0.25) is 0 Å². The Labute approximate surface area is 70.1 Å². The lowest BCUT2D eigenvalue weighted by atomic mass is 10.2. The van der Waals surface area contributed by atoms with E-state index in [1.807, 2.05) is 0 Å². The monoisotopic (exact) mass is 175 g/mol. The number of likely N-dealkylation sites (tertiary alicyclic amines) is 1. The van der Waals surface area contributed by atoms with E-state index < -0.39 is 0 Å². The molecule has 1 aliphatic heterocycles. The third-order valence-electron chi connectivity index (χ3n) is 1.95. The molecule has 0 radical (unpaired) electrons. The number of aliphatic hydroxyl groups excluding tert-OH is 1. The maximum absolute atomic E-state index is 10.2. The summed E-state index contributed by atoms with van der Waals surface area (Å²) in [5.74, 6) is 0. The second-order valence-electron chi connectivity index (χ2n) is 2.77. The van der Waals surface area contributed by atoms with Gasteiger partial charge in [-0.05, 0) is 12.8 Å². The van der Waals surface area contributed by atoms with Crippen LogP contribution in [-0.2, 0) is 11.3 Å². The van der Waals surface area contributed by atoms with Crippen LogP contribution in [0.1, 0.15) is 25.7 Å². The summed E-state index contributed by atoms with van der Waals surface area (Å²) < 4.78 is 10.2. The van der Waals surface area contributed by atoms with Crippen molar-refractivity contribution < 1.29 is 9.32 Å². The average molecular weight is 175 g/mol. The first-order valence-electron chi connectivity index (χ1n) is 3.95. The number of rotatable bonds is 0. The number of nitrogens with zero attached hydrogens (tertiary/aromatic N) is 1. The molecule has 0 spiro atoms. The van der Waals surface area contributed by atoms with Gasteiger partial charge in [-0.1, -0.05) is 12.8 Å². The lowest BCUT2D eigenvalue weighted by molar-refractivity contribution is 0.353. The molecule has 0 unspecified atom stereocenters. The fourth-order valence-corrected chi connectivity index (χ4v) is 1.60. The van der Waals surface area contributed by atoms with Crippen LogP contribution in [0.4, 0.5) is 0 Å². The second kappa shape index (κ2) is 4.64. The first kappa shape index (κ1) is 8.90. The largest absolute Gasteiger partial charge is 0.340 e. The van der Waals surface area contributed by atoms with Crippen molar-refractivity contribution in [2.45, 2.75) is 25.7 Å². The SMILES string of the molecule is O=S=C(O)N1CCCCCC1. The van der Waals surface area contributed by atoms with Crippen LogP contribution in [-0.4, -0.2) is 32.5 Å². The summed E-state index contributed by atoms with van der Waals surface area (Å²) in [6, 6.07) is 0. The van der Waals surface area contributed by atoms with Crippen LogP contribution in [0.2, 0.25) is 0 Å². The fourth-order valence-electron chi connectivity index (χ4n) is 1.31. The Bertz CT molecular complexity index is 169. The molecule has 4 heteroatoms. The Morgan fingerprint density at radius 2 is 1.73 bits per heavy atom. The van der Waals surface area contributed by atoms with Crippen molar-refractivity contribution in [3.63, 3.8) is 0 Å². The Morgan fingerprint density at radius 1 is 1.18 bits per heavy atom. The summed E-state index contributed by atoms with van der Waals surface area (Å²) in [6.07, 6.45) is 4.61. The van der Waals surface area contributed by atoms with Gasteiger partial charge < -0.3 is 5.11 Å². The van der Waals surface area contributed by atoms with Gasteiger partial charge >= 0.3 is 0 Å². The smallest absolute Gasteiger partial charge is 0.216 e. The molecule has 11 heavy (non-hydrogen) atoms. The molecule has 0 aromatic rings. The highest BCUT2D eigenvalue weighted by Gasteiger charge is 2.11. The van der Waals surface area contributed by atoms with Crippen molar-refractivity contribution in [3.05, 3.63) is 0 Å². The maximum Gasteiger partial charge on any atom is 0.216 e. The van der Waals surface area contributed by atoms with Crippen LogP contribution in [0.25, 0.3) is 0 Å². The molecule has 3 nitrogen and oxygen atoms in total. The van der Waals surface area contributed by atoms with E-state index in [0.29, 0.717) is 0 Å². The first-order valence-corrected chi connectivity index (χ1v) is 4.69. The summed E-state index contributed by atoms with van der Waals surface area (Å²) in [5.41, 5.74) is 0. The van der Waals surface area contributed by atoms with Crippen LogP contribution >= 0.6 is 0 Å². The van der Waals surface area contributed by atoms with E-state index in [9.17, 15) is 4.21 Å². The molecular weight excluding hydrogens is 162 g/mol. The third kappa shape index (κ3) is 2.73. The number of hydrogen-bond donors (Lipinski definition) is 1. The summed E-state index contributed by atoms with van der Waals surface area (Å²) in [5, 5.41) is 9.04. The molecule has 1 N–H and O–H groups in total. The highest BCUT2D eigenvalue weighted by Crippen LogP contribution is 2.08. The van der Waals surface area contributed by atoms with Crippen molar-refractivity contribution in [2.75, 3.05) is 13.1 Å². The van der Waals surface area contributed by atoms with E-state index in [1.54, 1.807) is 4.90 Å². The van der Waals surface area contributed by atoms with Crippen molar-refractivity contribution in [3.8, 4) is 0 Å². The van der Waals surface area contributed by atoms with Gasteiger partial charge in [0, 0.05) is 13.1 Å². The van der Waals surface area contributed by atoms with Crippen LogP contribution < -0.4 is 0 Å². The molecule has 0 aromatic carbocycles. The number of aliphatic hydroxyl groups is 1. The summed E-state index contributed by atoms with van der Waals surface area (Å²) >= 11 is 0.189. The minimum atomic E-state index is -0.0631. The van der Waals surface area contributed by atoms with E-state index in [0.717, 1.165) is 25.9 Å². The van der Waals surface area contributed by atoms with E-state index in [1.165, 1.54) is 12.8 Å². The Balaban J connectivity index is 2.49. The standard InChI is InChI=1S/C7H13NO2S/c9-7(11-10)8-5-3-1-2-4-6-8/h9H,1-6H2. The lowest BCUT2D eigenvalue weighted by Crippen LogP contribution is -2.31. The maximum atomic E-state index is 10.2. The van der Waals surface area contributed by atoms with Gasteiger partial charge in [0.25, 0.3) is 0 Å². The van der Waals surface area contributed by atoms with Gasteiger partial charge in [0.1, 0.15) is 11.3 Å². The Kier molecular flexibility index (Phi) is 3.76. The molecule has 0 saturated carbocycles. The van der Waals surface area contributed by atoms with E-state index in [4.69, 9.17) is 5.11 Å². The van der Waals surface area contributed by atoms with Gasteiger partial charge in [-0.25, -0.2) is 9.11 Å². The van der Waals surface area contributed by atoms with Crippen LogP contribution in [0, 0.1) is 0 Å². The third-order valence-corrected chi connectivity index (χ3v) is 2.36. The topological polar surface area (TPSA) is 40.5 Å². The highest BCUT2D eigenvalue weighted by molar-refractivity contribution is 7.65. The molecule has 1 aliphatic rings. The quantitative estimate of drug-likeness (QED) is 0.551. The molecule has 1 fully saturated rings. The van der Waals surface area contributed by atoms with E-state index in [-0.39, 0.29) is 16.4 Å². The minimum Gasteiger partial charge on any atom is -0.340 e. The zero-order valence-electron chi connectivity index (χ0n) is 6.45. The van der Waals surface area contributed by atoms with Crippen LogP contribution in [0.5, 0.6) is 0 Å². The zero-order chi connectivity index (χ0) is 8.10. The molecule has 1 rings (SSSR count). The summed E-state index contributed by atoms with van der Waals surface area (Å²) in [4.78, 5) is 1.77. The molecule has 0 bridgehead atoms. The zero-order valence-corrected chi connectivity index (χ0v) is 7.27. The number of hydrogen-bond acceptors (Lipinski definition) is 1. The average Bonchev–Trinajstić information content (AvgIpc) is 2.30. The Morgan fingerprint density at radius 3 is 2.18 bits per heavy atom. The molecule has 0 amide bonds. The lowest BCUT2D eigenvalue weighted by Gasteiger charge is -2.14. The molecular formula is C7H13NO2S. The van der Waals surface area contributed by atoms with Gasteiger partial charge in [0.15, 0.2) is 0 Å². The minimum absolute atomic E-state index is 0.0631. The van der Waals surface area contributed by atoms with Crippen LogP contribution in [0.3, 0.4) is 0 Å². The predicted molar refractivity (Wildman–Crippen MR) is 45.8 cm³/mol. The van der Waals surface area contributed by atoms with Gasteiger partial charge in [0.2, 0.25) is 5.17 Å². The van der Waals surface area contributed by atoms with Crippen molar-refractivity contribution in [1.29, 1.82) is 0 Å². The van der Waals surface area contributed by atoms with Crippen molar-refractivity contribution in [1.82, 2.24) is 4.90 Å². The molecule has 0 aliphatic carbocycles. The normalized spacial score (nSPS) is 20.8. The molecule has 1 saturated heterocycles. The van der Waals surface area contributed by atoms with Crippen molar-refractivity contribution >= 4 is 16.4 Å². The van der Waals surface area contributed by atoms with Gasteiger partial charge in [0.05, 0.1) is 0 Å². The summed E-state index contributed by atoms with van der Waals surface area (Å²) in [6.45, 7) is 1.67.